The number of hydrogen-bond acceptors (Lipinski definition) is 5. The number of hydrogen-bond donors (Lipinski definition) is 1. The highest BCUT2D eigenvalue weighted by Gasteiger charge is 2.21. The summed E-state index contributed by atoms with van der Waals surface area (Å²) in [7, 11) is 0. The van der Waals surface area contributed by atoms with Crippen LogP contribution in [-0.4, -0.2) is 35.5 Å². The molecule has 2 aromatic carbocycles. The number of carbonyl (C=O) groups excluding carboxylic acids is 1. The summed E-state index contributed by atoms with van der Waals surface area (Å²) in [6.45, 7) is 4.85. The first-order chi connectivity index (χ1) is 17.6. The Bertz CT molecular complexity index is 1100. The van der Waals surface area contributed by atoms with Crippen molar-refractivity contribution in [3.05, 3.63) is 82.5 Å². The molecule has 0 bridgehead atoms. The van der Waals surface area contributed by atoms with Crippen molar-refractivity contribution in [1.82, 2.24) is 15.3 Å². The van der Waals surface area contributed by atoms with E-state index >= 15 is 0 Å². The van der Waals surface area contributed by atoms with Gasteiger partial charge in [-0.25, -0.2) is 9.97 Å². The Kier molecular flexibility index (Phi) is 10.1. The molecule has 1 aromatic heterocycles. The van der Waals surface area contributed by atoms with E-state index < -0.39 is 0 Å². The number of rotatable bonds is 11. The molecule has 2 heterocycles. The first-order valence-corrected chi connectivity index (χ1v) is 14.3. The molecule has 1 N–H and O–H groups in total. The molecule has 1 amide bonds. The smallest absolute Gasteiger partial charge is 0.251 e. The van der Waals surface area contributed by atoms with E-state index in [0.717, 1.165) is 75.3 Å². The average molecular weight is 523 g/mol. The highest BCUT2D eigenvalue weighted by Crippen LogP contribution is 2.28. The van der Waals surface area contributed by atoms with Crippen LogP contribution in [0.15, 0.2) is 65.8 Å². The number of carbonyl (C=O) groups is 1. The molecule has 5 nitrogen and oxygen atoms in total. The lowest BCUT2D eigenvalue weighted by Gasteiger charge is -2.33. The Morgan fingerprint density at radius 2 is 1.78 bits per heavy atom. The number of aromatic nitrogens is 2. The Hall–Kier alpha value is -2.57. The van der Waals surface area contributed by atoms with Gasteiger partial charge in [0.1, 0.15) is 11.0 Å². The highest BCUT2D eigenvalue weighted by molar-refractivity contribution is 7.98. The number of unbranched alkanes of at least 4 members (excludes halogenated alkanes) is 2. The summed E-state index contributed by atoms with van der Waals surface area (Å²) in [6, 6.07) is 20.4. The van der Waals surface area contributed by atoms with E-state index in [9.17, 15) is 4.79 Å². The van der Waals surface area contributed by atoms with Gasteiger partial charge in [-0.3, -0.25) is 4.79 Å². The van der Waals surface area contributed by atoms with Gasteiger partial charge in [-0.15, -0.1) is 0 Å². The first kappa shape index (κ1) is 26.5. The zero-order valence-electron chi connectivity index (χ0n) is 21.0. The third kappa shape index (κ3) is 7.97. The maximum atomic E-state index is 12.3. The van der Waals surface area contributed by atoms with Crippen LogP contribution in [0.1, 0.15) is 60.5 Å². The number of halogens is 1. The zero-order chi connectivity index (χ0) is 25.2. The molecule has 0 unspecified atom stereocenters. The van der Waals surface area contributed by atoms with Crippen LogP contribution < -0.4 is 10.2 Å². The molecule has 3 aromatic rings. The average Bonchev–Trinajstić information content (AvgIpc) is 2.91. The molecule has 0 radical (unpaired) electrons. The fourth-order valence-electron chi connectivity index (χ4n) is 4.50. The summed E-state index contributed by atoms with van der Waals surface area (Å²) in [5.41, 5.74) is 3.23. The Labute approximate surface area is 224 Å². The quantitative estimate of drug-likeness (QED) is 0.130. The Morgan fingerprint density at radius 3 is 2.50 bits per heavy atom. The first-order valence-electron chi connectivity index (χ1n) is 12.9. The van der Waals surface area contributed by atoms with Crippen molar-refractivity contribution in [2.45, 2.75) is 56.4 Å². The van der Waals surface area contributed by atoms with Gasteiger partial charge >= 0.3 is 0 Å². The van der Waals surface area contributed by atoms with E-state index in [-0.39, 0.29) is 5.91 Å². The molecule has 1 aliphatic rings. The molecule has 190 valence electrons. The standard InChI is InChI=1S/C29H35ClN4OS/c1-2-3-7-16-31-28(35)25-12-10-24(11-13-25)21-36-29-32-26(30)20-27(33-29)34-17-14-23(15-18-34)19-22-8-5-4-6-9-22/h4-6,8-13,20,23H,2-3,7,14-19,21H2,1H3,(H,31,35). The summed E-state index contributed by atoms with van der Waals surface area (Å²) >= 11 is 7.94. The lowest BCUT2D eigenvalue weighted by molar-refractivity contribution is 0.0953. The Balaban J connectivity index is 1.28. The maximum Gasteiger partial charge on any atom is 0.251 e. The van der Waals surface area contributed by atoms with Gasteiger partial charge in [0.25, 0.3) is 5.91 Å². The molecule has 1 aliphatic heterocycles. The summed E-state index contributed by atoms with van der Waals surface area (Å²) < 4.78 is 0. The second-order valence-corrected chi connectivity index (χ2v) is 10.7. The second-order valence-electron chi connectivity index (χ2n) is 9.40. The molecule has 36 heavy (non-hydrogen) atoms. The molecule has 0 saturated carbocycles. The van der Waals surface area contributed by atoms with Gasteiger partial charge in [0.05, 0.1) is 0 Å². The van der Waals surface area contributed by atoms with Crippen LogP contribution >= 0.6 is 23.4 Å². The van der Waals surface area contributed by atoms with Crippen LogP contribution in [0.3, 0.4) is 0 Å². The van der Waals surface area contributed by atoms with Crippen molar-refractivity contribution in [2.75, 3.05) is 24.5 Å². The van der Waals surface area contributed by atoms with Gasteiger partial charge < -0.3 is 10.2 Å². The molecule has 0 spiro atoms. The topological polar surface area (TPSA) is 58.1 Å². The summed E-state index contributed by atoms with van der Waals surface area (Å²) in [4.78, 5) is 23.8. The monoisotopic (exact) mass is 522 g/mol. The number of benzene rings is 2. The second kappa shape index (κ2) is 13.7. The van der Waals surface area contributed by atoms with E-state index in [4.69, 9.17) is 16.6 Å². The van der Waals surface area contributed by atoms with Crippen molar-refractivity contribution in [1.29, 1.82) is 0 Å². The summed E-state index contributed by atoms with van der Waals surface area (Å²) in [6.07, 6.45) is 6.74. The normalized spacial score (nSPS) is 14.1. The number of amides is 1. The van der Waals surface area contributed by atoms with Crippen molar-refractivity contribution in [2.24, 2.45) is 5.92 Å². The fourth-order valence-corrected chi connectivity index (χ4v) is 5.54. The summed E-state index contributed by atoms with van der Waals surface area (Å²) in [5, 5.41) is 4.14. The highest BCUT2D eigenvalue weighted by atomic mass is 35.5. The van der Waals surface area contributed by atoms with E-state index in [0.29, 0.717) is 21.8 Å². The fraction of sp³-hybridized carbons (Fsp3) is 0.414. The lowest BCUT2D eigenvalue weighted by Crippen LogP contribution is -2.35. The zero-order valence-corrected chi connectivity index (χ0v) is 22.5. The molecular weight excluding hydrogens is 488 g/mol. The SMILES string of the molecule is CCCCCNC(=O)c1ccc(CSc2nc(Cl)cc(N3CCC(Cc4ccccc4)CC3)n2)cc1. The molecule has 1 fully saturated rings. The van der Waals surface area contributed by atoms with Crippen LogP contribution in [0.4, 0.5) is 5.82 Å². The van der Waals surface area contributed by atoms with Crippen LogP contribution in [0.2, 0.25) is 5.15 Å². The molecule has 0 aliphatic carbocycles. The van der Waals surface area contributed by atoms with Crippen molar-refractivity contribution in [3.63, 3.8) is 0 Å². The number of nitrogens with one attached hydrogen (secondary N) is 1. The predicted octanol–water partition coefficient (Wildman–Crippen LogP) is 6.80. The maximum absolute atomic E-state index is 12.3. The van der Waals surface area contributed by atoms with Gasteiger partial charge in [0.2, 0.25) is 0 Å². The molecule has 4 rings (SSSR count). The largest absolute Gasteiger partial charge is 0.356 e. The van der Waals surface area contributed by atoms with Crippen LogP contribution in [-0.2, 0) is 12.2 Å². The molecule has 0 atom stereocenters. The van der Waals surface area contributed by atoms with Gasteiger partial charge in [-0.1, -0.05) is 85.6 Å². The molecule has 1 saturated heterocycles. The molecule has 7 heteroatoms. The van der Waals surface area contributed by atoms with Gasteiger partial charge in [0, 0.05) is 37.0 Å². The third-order valence-corrected chi connectivity index (χ3v) is 7.73. The minimum absolute atomic E-state index is 0.0133. The molecular formula is C29H35ClN4OS. The minimum Gasteiger partial charge on any atom is -0.356 e. The predicted molar refractivity (Wildman–Crippen MR) is 150 cm³/mol. The van der Waals surface area contributed by atoms with E-state index in [1.54, 1.807) is 11.8 Å². The van der Waals surface area contributed by atoms with Gasteiger partial charge in [-0.05, 0) is 54.9 Å². The minimum atomic E-state index is -0.0133. The van der Waals surface area contributed by atoms with Crippen molar-refractivity contribution < 1.29 is 4.79 Å². The van der Waals surface area contributed by atoms with E-state index in [1.807, 2.05) is 30.3 Å². The third-order valence-electron chi connectivity index (χ3n) is 6.62. The van der Waals surface area contributed by atoms with Crippen molar-refractivity contribution >= 4 is 35.1 Å². The number of nitrogens with zero attached hydrogens (tertiary/aromatic N) is 3. The van der Waals surface area contributed by atoms with Crippen molar-refractivity contribution in [3.8, 4) is 0 Å². The lowest BCUT2D eigenvalue weighted by atomic mass is 9.90. The van der Waals surface area contributed by atoms with E-state index in [1.165, 1.54) is 5.56 Å². The van der Waals surface area contributed by atoms with E-state index in [2.05, 4.69) is 52.5 Å². The van der Waals surface area contributed by atoms with Gasteiger partial charge in [0.15, 0.2) is 5.16 Å². The number of anilines is 1. The Morgan fingerprint density at radius 1 is 1.03 bits per heavy atom. The number of piperidine rings is 1. The number of thioether (sulfide) groups is 1. The van der Waals surface area contributed by atoms with Crippen LogP contribution in [0, 0.1) is 5.92 Å². The van der Waals surface area contributed by atoms with Crippen LogP contribution in [0.25, 0.3) is 0 Å². The van der Waals surface area contributed by atoms with Crippen LogP contribution in [0.5, 0.6) is 0 Å². The van der Waals surface area contributed by atoms with Gasteiger partial charge in [-0.2, -0.15) is 0 Å². The summed E-state index contributed by atoms with van der Waals surface area (Å²) in [5.74, 6) is 2.32.